The van der Waals surface area contributed by atoms with Gasteiger partial charge in [-0.15, -0.1) is 0 Å². The lowest BCUT2D eigenvalue weighted by Crippen LogP contribution is -2.33. The molecule has 10 N–H and O–H groups in total. The minimum atomic E-state index is -5.83. The highest BCUT2D eigenvalue weighted by molar-refractivity contribution is 7.98. The minimum Gasteiger partial charge on any atom is -0.387 e. The number of thioether (sulfide) groups is 2. The van der Waals surface area contributed by atoms with Crippen LogP contribution in [0, 0.1) is 0 Å². The van der Waals surface area contributed by atoms with Crippen LogP contribution in [0.5, 0.6) is 0 Å². The van der Waals surface area contributed by atoms with Crippen molar-refractivity contribution in [1.29, 1.82) is 0 Å². The van der Waals surface area contributed by atoms with Gasteiger partial charge < -0.3 is 70.4 Å². The van der Waals surface area contributed by atoms with Crippen molar-refractivity contribution in [1.82, 2.24) is 53.7 Å². The van der Waals surface area contributed by atoms with Crippen molar-refractivity contribution in [3.05, 3.63) is 12.7 Å². The zero-order valence-electron chi connectivity index (χ0n) is 56.4. The second-order valence-electron chi connectivity index (χ2n) is 22.9. The van der Waals surface area contributed by atoms with E-state index in [1.807, 2.05) is 0 Å². The molecular formula is C58H111BN13O15P3S2. The van der Waals surface area contributed by atoms with Gasteiger partial charge in [-0.05, 0) is 129 Å². The van der Waals surface area contributed by atoms with Crippen LogP contribution >= 0.6 is 46.6 Å². The lowest BCUT2D eigenvalue weighted by molar-refractivity contribution is -0.0504. The molecule has 4 aromatic rings. The maximum Gasteiger partial charge on any atom is 0.487 e. The normalized spacial score (nSPS) is 21.8. The molecule has 28 nitrogen and oxygen atoms in total. The molecule has 92 heavy (non-hydrogen) atoms. The topological polar surface area (TPSA) is 377 Å². The van der Waals surface area contributed by atoms with E-state index in [2.05, 4.69) is 120 Å². The molecule has 0 amide bonds. The summed E-state index contributed by atoms with van der Waals surface area (Å²) in [5.74, 6) is 0.0832. The van der Waals surface area contributed by atoms with E-state index in [4.69, 9.17) is 33.0 Å². The number of fused-ring (bicyclic) bond motifs is 2. The number of nitrogens with zero attached hydrogens (tertiary/aromatic N) is 11. The first-order valence-electron chi connectivity index (χ1n) is 32.9. The first kappa shape index (κ1) is 83.8. The summed E-state index contributed by atoms with van der Waals surface area (Å²) >= 11 is 2.35. The summed E-state index contributed by atoms with van der Waals surface area (Å²) in [5, 5.41) is 43.0. The standard InChI is InChI=1S/C22H30BN10O15P3S2.3C12H27N/c1-52-21-28-15(24)9-17(30-21)32(5-26-9)19-13(36)11(34)7(45-19)3-43-49(23,38)47-51(41,42)48-50(39,40)44-4-8-12(35)14(37)20(46-8)33-6-27-10-16(25)29-22(53-2)31-18(10)33;3*1-4-7-10-13(11-8-5-2)12-9-6-3/h5-8,11-14,19-20,34-37H,3-4H2,1-2H3,(H,39,40)(H,41,42)(H2,24,28,30)(H2,25,29,31);3*4-12H2,1-3H3/t7-,8-,11-,12-,13-,14-,19-,20-,49-;;;/m1.../s1. The van der Waals surface area contributed by atoms with Crippen LogP contribution < -0.4 is 11.5 Å². The molecule has 0 bridgehead atoms. The molecule has 2 saturated heterocycles. The highest BCUT2D eigenvalue weighted by atomic mass is 32.2. The molecule has 11 atom stereocenters. The summed E-state index contributed by atoms with van der Waals surface area (Å²) in [6.07, 6.45) is 17.7. The van der Waals surface area contributed by atoms with Gasteiger partial charge in [0.25, 0.3) is 7.47 Å². The number of ether oxygens (including phenoxy) is 2. The molecule has 0 spiro atoms. The predicted octanol–water partition coefficient (Wildman–Crippen LogP) is 10.1. The molecule has 2 unspecified atom stereocenters. The Balaban J connectivity index is 0.000000457. The second-order valence-corrected chi connectivity index (χ2v) is 29.2. The van der Waals surface area contributed by atoms with Gasteiger partial charge in [-0.1, -0.05) is 144 Å². The Morgan fingerprint density at radius 3 is 1.07 bits per heavy atom. The van der Waals surface area contributed by atoms with Crippen LogP contribution in [0.2, 0.25) is 0 Å². The first-order chi connectivity index (χ1) is 43.9. The van der Waals surface area contributed by atoms with Crippen LogP contribution in [0.1, 0.15) is 190 Å². The van der Waals surface area contributed by atoms with Gasteiger partial charge in [-0.2, -0.15) is 4.31 Å². The molecule has 2 aliphatic heterocycles. The number of hydrogen-bond donors (Lipinski definition) is 8. The van der Waals surface area contributed by atoms with Crippen molar-refractivity contribution in [2.45, 2.75) is 237 Å². The second kappa shape index (κ2) is 44.5. The van der Waals surface area contributed by atoms with Crippen molar-refractivity contribution in [2.75, 3.05) is 96.1 Å². The zero-order chi connectivity index (χ0) is 68.4. The van der Waals surface area contributed by atoms with Crippen LogP contribution in [0.4, 0.5) is 11.6 Å². The molecular weight excluding hydrogens is 1290 g/mol. The molecule has 2 fully saturated rings. The van der Waals surface area contributed by atoms with E-state index in [1.54, 1.807) is 12.5 Å². The van der Waals surface area contributed by atoms with Crippen molar-refractivity contribution in [2.24, 2.45) is 0 Å². The monoisotopic (exact) mass is 1400 g/mol. The number of nitrogens with two attached hydrogens (primary N) is 2. The summed E-state index contributed by atoms with van der Waals surface area (Å²) in [6, 6.07) is 0. The van der Waals surface area contributed by atoms with Gasteiger partial charge in [0.05, 0.1) is 25.9 Å². The number of rotatable bonds is 41. The van der Waals surface area contributed by atoms with Gasteiger partial charge in [0, 0.05) is 0 Å². The van der Waals surface area contributed by atoms with E-state index in [9.17, 15) is 43.9 Å². The molecule has 528 valence electrons. The predicted molar refractivity (Wildman–Crippen MR) is 365 cm³/mol. The molecule has 6 rings (SSSR count). The lowest BCUT2D eigenvalue weighted by atomic mass is 10.1. The van der Waals surface area contributed by atoms with Gasteiger partial charge in [0.2, 0.25) is 7.57 Å². The van der Waals surface area contributed by atoms with E-state index in [1.165, 1.54) is 220 Å². The van der Waals surface area contributed by atoms with Crippen molar-refractivity contribution in [3.63, 3.8) is 0 Å². The number of aliphatic hydroxyl groups excluding tert-OH is 4. The van der Waals surface area contributed by atoms with E-state index in [0.29, 0.717) is 0 Å². The van der Waals surface area contributed by atoms with Gasteiger partial charge >= 0.3 is 15.6 Å². The van der Waals surface area contributed by atoms with E-state index in [0.717, 1.165) is 0 Å². The molecule has 0 saturated carbocycles. The number of phosphoric ester groups is 1. The fourth-order valence-corrected chi connectivity index (χ4v) is 14.1. The number of hydrogen-bond acceptors (Lipinski definition) is 26. The molecule has 0 aliphatic carbocycles. The minimum absolute atomic E-state index is 0.0378. The molecule has 4 aromatic heterocycles. The third kappa shape index (κ3) is 28.6. The fourth-order valence-electron chi connectivity index (χ4n) is 9.71. The Morgan fingerprint density at radius 1 is 0.489 bits per heavy atom. The van der Waals surface area contributed by atoms with E-state index in [-0.39, 0.29) is 44.3 Å². The Kier molecular flexibility index (Phi) is 40.5. The fraction of sp³-hybridized carbons (Fsp3) is 0.828. The van der Waals surface area contributed by atoms with Crippen LogP contribution in [-0.4, -0.2) is 213 Å². The average Bonchev–Trinajstić information content (AvgIpc) is 1.65. The molecule has 2 radical (unpaired) electrons. The smallest absolute Gasteiger partial charge is 0.387 e. The number of nitrogen functional groups attached to an aromatic ring is 2. The summed E-state index contributed by atoms with van der Waals surface area (Å²) in [5.41, 5.74) is 12.5. The Morgan fingerprint density at radius 2 is 0.783 bits per heavy atom. The molecule has 0 aromatic carbocycles. The number of imidazole rings is 2. The van der Waals surface area contributed by atoms with Gasteiger partial charge in [0.1, 0.15) is 47.7 Å². The number of anilines is 2. The summed E-state index contributed by atoms with van der Waals surface area (Å²) in [7, 11) is -11.2. The SMILES string of the molecule is CCCCN(CCCC)CCCC.CCCCN(CCCC)CCCC.CCCCN(CCCC)CCCC.[B][P@@](=O)(OC[C@H]1O[C@@H](n2cnc3c(N)nc(SC)nc32)[C@H](O)[C@@H]1O)OP(=O)(O)OP(=O)(O)OC[C@H]1O[C@@H](n2cnc3c(N)nc(SC)nc32)[C@H](O)[C@@H]1O. The van der Waals surface area contributed by atoms with Crippen molar-refractivity contribution >= 4 is 88.2 Å². The highest BCUT2D eigenvalue weighted by Crippen LogP contribution is 2.67. The third-order valence-electron chi connectivity index (χ3n) is 15.1. The lowest BCUT2D eigenvalue weighted by Gasteiger charge is -2.22. The van der Waals surface area contributed by atoms with Crippen LogP contribution in [0.15, 0.2) is 23.0 Å². The molecule has 2 aliphatic rings. The van der Waals surface area contributed by atoms with Crippen molar-refractivity contribution < 1.29 is 71.1 Å². The third-order valence-corrected chi connectivity index (χ3v) is 20.6. The van der Waals surface area contributed by atoms with Gasteiger partial charge in [-0.25, -0.2) is 43.3 Å². The molecule has 34 heteroatoms. The maximum absolute atomic E-state index is 12.8. The Hall–Kier alpha value is -2.45. The number of aliphatic hydroxyl groups is 4. The Bertz CT molecular complexity index is 2570. The highest BCUT2D eigenvalue weighted by Gasteiger charge is 2.48. The van der Waals surface area contributed by atoms with Crippen LogP contribution in [-0.2, 0) is 40.8 Å². The average molecular weight is 1400 g/mol. The largest absolute Gasteiger partial charge is 0.487 e. The summed E-state index contributed by atoms with van der Waals surface area (Å²) < 4.78 is 69.7. The van der Waals surface area contributed by atoms with Crippen molar-refractivity contribution in [3.8, 4) is 0 Å². The number of phosphoric acid groups is 2. The van der Waals surface area contributed by atoms with Crippen LogP contribution in [0.25, 0.3) is 22.3 Å². The summed E-state index contributed by atoms with van der Waals surface area (Å²) in [4.78, 5) is 53.0. The number of unbranched alkanes of at least 4 members (excludes halogenated alkanes) is 9. The van der Waals surface area contributed by atoms with Gasteiger partial charge in [0.15, 0.2) is 45.7 Å². The number of aromatic nitrogens is 8. The van der Waals surface area contributed by atoms with E-state index >= 15 is 0 Å². The molecule has 6 heterocycles. The van der Waals surface area contributed by atoms with E-state index < -0.39 is 85.4 Å². The van der Waals surface area contributed by atoms with Gasteiger partial charge in [-0.3, -0.25) is 18.2 Å². The van der Waals surface area contributed by atoms with Crippen LogP contribution in [0.3, 0.4) is 0 Å². The quantitative estimate of drug-likeness (QED) is 0.00886. The Labute approximate surface area is 556 Å². The summed E-state index contributed by atoms with van der Waals surface area (Å²) in [6.45, 7) is 30.4. The first-order valence-corrected chi connectivity index (χ1v) is 40.0. The zero-order valence-corrected chi connectivity index (χ0v) is 60.8. The maximum atomic E-state index is 12.8.